The number of carbonyl (C=O) groups is 1. The van der Waals surface area contributed by atoms with E-state index in [1.54, 1.807) is 24.3 Å². The summed E-state index contributed by atoms with van der Waals surface area (Å²) in [6.45, 7) is 0.0487. The average Bonchev–Trinajstić information content (AvgIpc) is 3.21. The fourth-order valence-electron chi connectivity index (χ4n) is 3.57. The van der Waals surface area contributed by atoms with Gasteiger partial charge < -0.3 is 5.32 Å². The van der Waals surface area contributed by atoms with E-state index in [-0.39, 0.29) is 34.5 Å². The number of nitriles is 1. The second-order valence-electron chi connectivity index (χ2n) is 7.84. The molecule has 0 aliphatic rings. The van der Waals surface area contributed by atoms with Crippen LogP contribution in [0.2, 0.25) is 5.02 Å². The van der Waals surface area contributed by atoms with Crippen molar-refractivity contribution in [2.24, 2.45) is 0 Å². The number of aromatic nitrogens is 2. The van der Waals surface area contributed by atoms with E-state index in [1.165, 1.54) is 34.5 Å². The zero-order chi connectivity index (χ0) is 26.1. The second kappa shape index (κ2) is 9.64. The minimum absolute atomic E-state index is 0.0487. The zero-order valence-corrected chi connectivity index (χ0v) is 19.8. The van der Waals surface area contributed by atoms with Crippen molar-refractivity contribution in [1.82, 2.24) is 9.78 Å². The molecule has 0 saturated heterocycles. The normalized spacial score (nSPS) is 11.9. The van der Waals surface area contributed by atoms with Crippen LogP contribution < -0.4 is 5.32 Å². The molecule has 4 aromatic rings. The molecule has 1 aromatic heterocycles. The molecular weight excluding hydrogens is 517 g/mol. The van der Waals surface area contributed by atoms with Gasteiger partial charge in [-0.15, -0.1) is 0 Å². The summed E-state index contributed by atoms with van der Waals surface area (Å²) in [6, 6.07) is 13.8. The Morgan fingerprint density at radius 3 is 2.44 bits per heavy atom. The first-order valence-electron chi connectivity index (χ1n) is 10.3. The quantitative estimate of drug-likeness (QED) is 0.272. The Labute approximate surface area is 208 Å². The van der Waals surface area contributed by atoms with Gasteiger partial charge in [0, 0.05) is 22.3 Å². The lowest BCUT2D eigenvalue weighted by molar-refractivity contribution is -0.137. The highest BCUT2D eigenvalue weighted by molar-refractivity contribution is 7.96. The highest BCUT2D eigenvalue weighted by atomic mass is 35.5. The molecule has 3 aromatic carbocycles. The SMILES string of the molecule is N#CS(=O)(=O)c1cc(NC(=O)Cc2ccccc2Cl)cc2nn(Cc3ccc(C(F)(F)F)cc3)cc12. The highest BCUT2D eigenvalue weighted by Crippen LogP contribution is 2.30. The molecule has 0 aliphatic heterocycles. The van der Waals surface area contributed by atoms with E-state index in [0.29, 0.717) is 16.1 Å². The Morgan fingerprint density at radius 1 is 1.11 bits per heavy atom. The maximum Gasteiger partial charge on any atom is 0.416 e. The third-order valence-electron chi connectivity index (χ3n) is 5.26. The Balaban J connectivity index is 1.66. The molecule has 0 bridgehead atoms. The molecule has 0 spiro atoms. The molecule has 1 N–H and O–H groups in total. The van der Waals surface area contributed by atoms with Crippen LogP contribution in [0.25, 0.3) is 10.9 Å². The molecule has 4 rings (SSSR count). The first-order valence-corrected chi connectivity index (χ1v) is 12.2. The molecule has 12 heteroatoms. The van der Waals surface area contributed by atoms with Crippen LogP contribution in [0.4, 0.5) is 18.9 Å². The molecule has 0 unspecified atom stereocenters. The summed E-state index contributed by atoms with van der Waals surface area (Å²) >= 11 is 6.09. The van der Waals surface area contributed by atoms with Crippen molar-refractivity contribution >= 4 is 43.9 Å². The van der Waals surface area contributed by atoms with Gasteiger partial charge in [0.25, 0.3) is 9.84 Å². The van der Waals surface area contributed by atoms with Crippen molar-refractivity contribution in [3.8, 4) is 5.40 Å². The van der Waals surface area contributed by atoms with Crippen molar-refractivity contribution in [2.75, 3.05) is 5.32 Å². The number of sulfone groups is 1. The number of hydrogen-bond acceptors (Lipinski definition) is 5. The molecule has 0 atom stereocenters. The van der Waals surface area contributed by atoms with Crippen LogP contribution in [0.3, 0.4) is 0 Å². The van der Waals surface area contributed by atoms with Crippen molar-refractivity contribution < 1.29 is 26.4 Å². The first-order chi connectivity index (χ1) is 17.0. The summed E-state index contributed by atoms with van der Waals surface area (Å²) in [4.78, 5) is 12.2. The van der Waals surface area contributed by atoms with E-state index in [2.05, 4.69) is 10.4 Å². The standard InChI is InChI=1S/C24H16ClF3N4O3S/c25-20-4-2-1-3-16(20)9-23(33)30-18-10-21-19(22(11-18)36(34,35)14-29)13-32(31-21)12-15-5-7-17(8-6-15)24(26,27)28/h1-8,10-11,13H,9,12H2,(H,30,33). The maximum absolute atomic E-state index is 12.8. The van der Waals surface area contributed by atoms with Crippen LogP contribution in [0, 0.1) is 10.7 Å². The summed E-state index contributed by atoms with van der Waals surface area (Å²) in [5, 5.41) is 17.9. The van der Waals surface area contributed by atoms with E-state index in [1.807, 2.05) is 0 Å². The minimum Gasteiger partial charge on any atom is -0.326 e. The molecule has 36 heavy (non-hydrogen) atoms. The number of fused-ring (bicyclic) bond motifs is 1. The second-order valence-corrected chi connectivity index (χ2v) is 9.88. The van der Waals surface area contributed by atoms with Crippen LogP contribution in [-0.4, -0.2) is 24.1 Å². The third kappa shape index (κ3) is 5.50. The summed E-state index contributed by atoms with van der Waals surface area (Å²) in [5.74, 6) is -0.466. The number of thiocyanates is 1. The van der Waals surface area contributed by atoms with Gasteiger partial charge in [-0.2, -0.15) is 23.5 Å². The number of halogens is 4. The summed E-state index contributed by atoms with van der Waals surface area (Å²) in [7, 11) is -4.38. The number of anilines is 1. The van der Waals surface area contributed by atoms with Gasteiger partial charge >= 0.3 is 6.18 Å². The number of carbonyl (C=O) groups excluding carboxylic acids is 1. The Hall–Kier alpha value is -3.88. The topological polar surface area (TPSA) is 105 Å². The van der Waals surface area contributed by atoms with E-state index in [4.69, 9.17) is 11.6 Å². The molecular formula is C24H16ClF3N4O3S. The number of rotatable bonds is 6. The monoisotopic (exact) mass is 532 g/mol. The smallest absolute Gasteiger partial charge is 0.326 e. The molecule has 0 radical (unpaired) electrons. The van der Waals surface area contributed by atoms with E-state index in [0.717, 1.165) is 18.2 Å². The predicted molar refractivity (Wildman–Crippen MR) is 127 cm³/mol. The van der Waals surface area contributed by atoms with Gasteiger partial charge in [0.2, 0.25) is 5.91 Å². The van der Waals surface area contributed by atoms with Crippen LogP contribution in [0.5, 0.6) is 0 Å². The lowest BCUT2D eigenvalue weighted by Crippen LogP contribution is -2.15. The number of hydrogen-bond donors (Lipinski definition) is 1. The lowest BCUT2D eigenvalue weighted by Gasteiger charge is -2.08. The largest absolute Gasteiger partial charge is 0.416 e. The van der Waals surface area contributed by atoms with Crippen molar-refractivity contribution in [3.05, 3.63) is 88.6 Å². The molecule has 0 aliphatic carbocycles. The van der Waals surface area contributed by atoms with Crippen LogP contribution in [0.15, 0.2) is 71.8 Å². The summed E-state index contributed by atoms with van der Waals surface area (Å²) < 4.78 is 64.7. The van der Waals surface area contributed by atoms with Gasteiger partial charge in [0.1, 0.15) is 0 Å². The molecule has 0 saturated carbocycles. The number of nitrogens with one attached hydrogen (secondary N) is 1. The van der Waals surface area contributed by atoms with Gasteiger partial charge in [-0.3, -0.25) is 9.48 Å². The Morgan fingerprint density at radius 2 is 1.81 bits per heavy atom. The average molecular weight is 533 g/mol. The van der Waals surface area contributed by atoms with E-state index in [9.17, 15) is 31.6 Å². The van der Waals surface area contributed by atoms with Crippen LogP contribution in [0.1, 0.15) is 16.7 Å². The molecule has 184 valence electrons. The molecule has 0 fully saturated rings. The van der Waals surface area contributed by atoms with Crippen LogP contribution in [-0.2, 0) is 33.8 Å². The zero-order valence-electron chi connectivity index (χ0n) is 18.3. The van der Waals surface area contributed by atoms with Crippen LogP contribution >= 0.6 is 11.6 Å². The Kier molecular flexibility index (Phi) is 6.75. The summed E-state index contributed by atoms with van der Waals surface area (Å²) in [6.07, 6.45) is -3.15. The lowest BCUT2D eigenvalue weighted by atomic mass is 10.1. The fourth-order valence-corrected chi connectivity index (χ4v) is 4.60. The van der Waals surface area contributed by atoms with Gasteiger partial charge in [-0.05, 0) is 41.5 Å². The fraction of sp³-hybridized carbons (Fsp3) is 0.125. The summed E-state index contributed by atoms with van der Waals surface area (Å²) in [5.41, 5.74) is 0.549. The number of nitrogens with zero attached hydrogens (tertiary/aromatic N) is 3. The number of benzene rings is 3. The minimum atomic E-state index is -4.47. The van der Waals surface area contributed by atoms with Crippen molar-refractivity contribution in [3.63, 3.8) is 0 Å². The molecule has 1 amide bonds. The first kappa shape index (κ1) is 25.2. The van der Waals surface area contributed by atoms with Gasteiger partial charge in [0.15, 0.2) is 5.40 Å². The predicted octanol–water partition coefficient (Wildman–Crippen LogP) is 5.19. The van der Waals surface area contributed by atoms with E-state index < -0.39 is 27.5 Å². The van der Waals surface area contributed by atoms with Gasteiger partial charge in [0.05, 0.1) is 28.9 Å². The van der Waals surface area contributed by atoms with Crippen molar-refractivity contribution in [2.45, 2.75) is 24.0 Å². The number of amides is 1. The highest BCUT2D eigenvalue weighted by Gasteiger charge is 2.30. The number of alkyl halides is 3. The molecule has 7 nitrogen and oxygen atoms in total. The van der Waals surface area contributed by atoms with E-state index >= 15 is 0 Å². The Bertz CT molecular complexity index is 1610. The molecule has 1 heterocycles. The van der Waals surface area contributed by atoms with Gasteiger partial charge in [-0.1, -0.05) is 41.9 Å². The maximum atomic E-state index is 12.8. The van der Waals surface area contributed by atoms with Crippen molar-refractivity contribution in [1.29, 1.82) is 5.26 Å². The third-order valence-corrected chi connectivity index (χ3v) is 6.79. The van der Waals surface area contributed by atoms with Gasteiger partial charge in [-0.25, -0.2) is 8.42 Å².